The molecule has 0 saturated heterocycles. The van der Waals surface area contributed by atoms with E-state index in [1.165, 1.54) is 6.07 Å². The zero-order valence-electron chi connectivity index (χ0n) is 10.7. The maximum Gasteiger partial charge on any atom is 0.238 e. The van der Waals surface area contributed by atoms with Gasteiger partial charge in [0.15, 0.2) is 0 Å². The van der Waals surface area contributed by atoms with Crippen molar-refractivity contribution in [3.8, 4) is 11.6 Å². The summed E-state index contributed by atoms with van der Waals surface area (Å²) >= 11 is 6.10. The van der Waals surface area contributed by atoms with E-state index in [0.717, 1.165) is 5.56 Å². The molecule has 1 aromatic carbocycles. The van der Waals surface area contributed by atoms with Gasteiger partial charge in [-0.2, -0.15) is 0 Å². The molecule has 100 valence electrons. The second kappa shape index (κ2) is 5.99. The third kappa shape index (κ3) is 3.43. The van der Waals surface area contributed by atoms with Gasteiger partial charge in [0.2, 0.25) is 5.88 Å². The first kappa shape index (κ1) is 13.8. The number of benzene rings is 1. The molecule has 1 aromatic heterocycles. The lowest BCUT2D eigenvalue weighted by Crippen LogP contribution is -2.05. The van der Waals surface area contributed by atoms with E-state index in [9.17, 15) is 4.39 Å². The molecule has 1 heterocycles. The standard InChI is InChI=1S/C14H14ClFN2O/c1-9-5-11(3-4-13(9)16)19-14-12(15)6-10(7-17-2)8-18-14/h3-6,8,17H,7H2,1-2H3. The summed E-state index contributed by atoms with van der Waals surface area (Å²) in [5, 5.41) is 3.44. The summed E-state index contributed by atoms with van der Waals surface area (Å²) in [6.07, 6.45) is 1.69. The van der Waals surface area contributed by atoms with E-state index in [2.05, 4.69) is 10.3 Å². The van der Waals surface area contributed by atoms with Gasteiger partial charge in [-0.05, 0) is 49.4 Å². The quantitative estimate of drug-likeness (QED) is 0.927. The number of hydrogen-bond acceptors (Lipinski definition) is 3. The number of nitrogens with one attached hydrogen (secondary N) is 1. The van der Waals surface area contributed by atoms with Crippen molar-refractivity contribution >= 4 is 11.6 Å². The summed E-state index contributed by atoms with van der Waals surface area (Å²) in [5.41, 5.74) is 1.48. The van der Waals surface area contributed by atoms with Gasteiger partial charge >= 0.3 is 0 Å². The van der Waals surface area contributed by atoms with Crippen molar-refractivity contribution in [2.45, 2.75) is 13.5 Å². The maximum atomic E-state index is 13.2. The molecule has 1 N–H and O–H groups in total. The molecule has 0 unspecified atom stereocenters. The number of aromatic nitrogens is 1. The monoisotopic (exact) mass is 280 g/mol. The summed E-state index contributed by atoms with van der Waals surface area (Å²) in [6, 6.07) is 6.29. The van der Waals surface area contributed by atoms with Gasteiger partial charge in [0.1, 0.15) is 16.6 Å². The maximum absolute atomic E-state index is 13.2. The molecule has 0 atom stereocenters. The second-order valence-electron chi connectivity index (χ2n) is 4.17. The Bertz CT molecular complexity index is 590. The average molecular weight is 281 g/mol. The Kier molecular flexibility index (Phi) is 4.35. The molecule has 2 rings (SSSR count). The average Bonchev–Trinajstić information content (AvgIpc) is 2.37. The number of pyridine rings is 1. The van der Waals surface area contributed by atoms with E-state index >= 15 is 0 Å². The Morgan fingerprint density at radius 3 is 2.79 bits per heavy atom. The molecule has 0 spiro atoms. The van der Waals surface area contributed by atoms with Gasteiger partial charge in [0.05, 0.1) is 0 Å². The van der Waals surface area contributed by atoms with Gasteiger partial charge < -0.3 is 10.1 Å². The highest BCUT2D eigenvalue weighted by molar-refractivity contribution is 6.31. The zero-order chi connectivity index (χ0) is 13.8. The summed E-state index contributed by atoms with van der Waals surface area (Å²) in [7, 11) is 1.85. The molecule has 0 saturated carbocycles. The molecular weight excluding hydrogens is 267 g/mol. The molecule has 0 amide bonds. The van der Waals surface area contributed by atoms with Crippen LogP contribution in [-0.2, 0) is 6.54 Å². The SMILES string of the molecule is CNCc1cnc(Oc2ccc(F)c(C)c2)c(Cl)c1. The van der Waals surface area contributed by atoms with Crippen molar-refractivity contribution < 1.29 is 9.13 Å². The van der Waals surface area contributed by atoms with Crippen molar-refractivity contribution in [2.75, 3.05) is 7.05 Å². The smallest absolute Gasteiger partial charge is 0.238 e. The van der Waals surface area contributed by atoms with Crippen LogP contribution in [0, 0.1) is 12.7 Å². The van der Waals surface area contributed by atoms with E-state index in [0.29, 0.717) is 28.8 Å². The summed E-state index contributed by atoms with van der Waals surface area (Å²) in [4.78, 5) is 4.16. The molecule has 3 nitrogen and oxygen atoms in total. The largest absolute Gasteiger partial charge is 0.438 e. The third-order valence-corrected chi connectivity index (χ3v) is 2.86. The Balaban J connectivity index is 2.20. The minimum absolute atomic E-state index is 0.268. The lowest BCUT2D eigenvalue weighted by molar-refractivity contribution is 0.460. The van der Waals surface area contributed by atoms with Crippen molar-refractivity contribution in [2.24, 2.45) is 0 Å². The van der Waals surface area contributed by atoms with Crippen LogP contribution < -0.4 is 10.1 Å². The van der Waals surface area contributed by atoms with Gasteiger partial charge in [-0.1, -0.05) is 11.6 Å². The molecule has 2 aromatic rings. The zero-order valence-corrected chi connectivity index (χ0v) is 11.5. The van der Waals surface area contributed by atoms with Crippen LogP contribution in [0.25, 0.3) is 0 Å². The number of halogens is 2. The normalized spacial score (nSPS) is 10.5. The summed E-state index contributed by atoms with van der Waals surface area (Å²) in [6.45, 7) is 2.36. The van der Waals surface area contributed by atoms with Crippen LogP contribution >= 0.6 is 11.6 Å². The lowest BCUT2D eigenvalue weighted by Gasteiger charge is -2.08. The van der Waals surface area contributed by atoms with Crippen LogP contribution in [-0.4, -0.2) is 12.0 Å². The van der Waals surface area contributed by atoms with Crippen molar-refractivity contribution in [1.82, 2.24) is 10.3 Å². The first-order valence-corrected chi connectivity index (χ1v) is 6.21. The molecule has 0 bridgehead atoms. The number of nitrogens with zero attached hydrogens (tertiary/aromatic N) is 1. The van der Waals surface area contributed by atoms with Crippen LogP contribution in [0.4, 0.5) is 4.39 Å². The van der Waals surface area contributed by atoms with Gasteiger partial charge in [-0.25, -0.2) is 9.37 Å². The van der Waals surface area contributed by atoms with Crippen molar-refractivity contribution in [1.29, 1.82) is 0 Å². The fourth-order valence-corrected chi connectivity index (χ4v) is 1.86. The van der Waals surface area contributed by atoms with Crippen LogP contribution in [0.15, 0.2) is 30.5 Å². The molecule has 0 aliphatic carbocycles. The van der Waals surface area contributed by atoms with Crippen LogP contribution in [0.5, 0.6) is 11.6 Å². The number of ether oxygens (including phenoxy) is 1. The van der Waals surface area contributed by atoms with Crippen LogP contribution in [0.1, 0.15) is 11.1 Å². The Labute approximate surface area is 116 Å². The molecule has 0 radical (unpaired) electrons. The summed E-state index contributed by atoms with van der Waals surface area (Å²) in [5.74, 6) is 0.554. The van der Waals surface area contributed by atoms with Gasteiger partial charge in [0.25, 0.3) is 0 Å². The number of hydrogen-bond donors (Lipinski definition) is 1. The fraction of sp³-hybridized carbons (Fsp3) is 0.214. The minimum Gasteiger partial charge on any atom is -0.438 e. The van der Waals surface area contributed by atoms with E-state index < -0.39 is 0 Å². The second-order valence-corrected chi connectivity index (χ2v) is 4.58. The van der Waals surface area contributed by atoms with E-state index in [-0.39, 0.29) is 5.82 Å². The first-order chi connectivity index (χ1) is 9.10. The Morgan fingerprint density at radius 2 is 2.16 bits per heavy atom. The van der Waals surface area contributed by atoms with Gasteiger partial charge in [0, 0.05) is 12.7 Å². The summed E-state index contributed by atoms with van der Waals surface area (Å²) < 4.78 is 18.7. The van der Waals surface area contributed by atoms with E-state index in [1.54, 1.807) is 31.3 Å². The highest BCUT2D eigenvalue weighted by atomic mass is 35.5. The fourth-order valence-electron chi connectivity index (χ4n) is 1.63. The Hall–Kier alpha value is -1.65. The molecular formula is C14H14ClFN2O. The molecule has 19 heavy (non-hydrogen) atoms. The van der Waals surface area contributed by atoms with E-state index in [1.807, 2.05) is 7.05 Å². The minimum atomic E-state index is -0.268. The van der Waals surface area contributed by atoms with Gasteiger partial charge in [-0.3, -0.25) is 0 Å². The molecule has 0 fully saturated rings. The van der Waals surface area contributed by atoms with Crippen molar-refractivity contribution in [3.63, 3.8) is 0 Å². The topological polar surface area (TPSA) is 34.2 Å². The lowest BCUT2D eigenvalue weighted by atomic mass is 10.2. The highest BCUT2D eigenvalue weighted by Gasteiger charge is 2.07. The Morgan fingerprint density at radius 1 is 1.37 bits per heavy atom. The van der Waals surface area contributed by atoms with E-state index in [4.69, 9.17) is 16.3 Å². The number of aryl methyl sites for hydroxylation is 1. The number of rotatable bonds is 4. The van der Waals surface area contributed by atoms with Crippen LogP contribution in [0.3, 0.4) is 0 Å². The third-order valence-electron chi connectivity index (χ3n) is 2.59. The highest BCUT2D eigenvalue weighted by Crippen LogP contribution is 2.28. The van der Waals surface area contributed by atoms with Crippen LogP contribution in [0.2, 0.25) is 5.02 Å². The molecule has 0 aliphatic heterocycles. The molecule has 5 heteroatoms. The predicted octanol–water partition coefficient (Wildman–Crippen LogP) is 3.69. The van der Waals surface area contributed by atoms with Crippen molar-refractivity contribution in [3.05, 3.63) is 52.4 Å². The molecule has 0 aliphatic rings. The first-order valence-electron chi connectivity index (χ1n) is 5.83. The predicted molar refractivity (Wildman–Crippen MR) is 73.2 cm³/mol. The van der Waals surface area contributed by atoms with Gasteiger partial charge in [-0.15, -0.1) is 0 Å².